The van der Waals surface area contributed by atoms with Crippen molar-refractivity contribution in [1.29, 1.82) is 0 Å². The average molecular weight is 352 g/mol. The first-order valence-corrected chi connectivity index (χ1v) is 8.75. The Bertz CT molecular complexity index is 862. The number of aliphatic carboxylic acids is 1. The van der Waals surface area contributed by atoms with Crippen LogP contribution >= 0.6 is 0 Å². The number of carboxylic acids is 1. The summed E-state index contributed by atoms with van der Waals surface area (Å²) in [6, 6.07) is 8.44. The first-order valence-electron chi connectivity index (χ1n) is 7.27. The minimum absolute atomic E-state index is 0.0319. The second-order valence-electron chi connectivity index (χ2n) is 5.70. The molecule has 3 N–H and O–H groups in total. The summed E-state index contributed by atoms with van der Waals surface area (Å²) in [5.41, 5.74) is 0.842. The zero-order valence-electron chi connectivity index (χ0n) is 13.6. The highest BCUT2D eigenvalue weighted by Gasteiger charge is 2.30. The highest BCUT2D eigenvalue weighted by atomic mass is 32.2. The molecule has 0 fully saturated rings. The summed E-state index contributed by atoms with van der Waals surface area (Å²) in [6.45, 7) is 1.22. The molecule has 24 heavy (non-hydrogen) atoms. The molecule has 0 aliphatic carbocycles. The second-order valence-corrected chi connectivity index (χ2v) is 7.38. The zero-order valence-corrected chi connectivity index (χ0v) is 14.4. The summed E-state index contributed by atoms with van der Waals surface area (Å²) < 4.78 is 27.4. The lowest BCUT2D eigenvalue weighted by Gasteiger charge is -2.19. The topological polar surface area (TPSA) is 107 Å². The maximum Gasteiger partial charge on any atom is 0.324 e. The van der Waals surface area contributed by atoms with Crippen molar-refractivity contribution in [2.24, 2.45) is 0 Å². The second kappa shape index (κ2) is 6.76. The number of hydrogen-bond acceptors (Lipinski definition) is 5. The van der Waals surface area contributed by atoms with Crippen molar-refractivity contribution in [2.75, 3.05) is 19.0 Å². The number of fused-ring (bicyclic) bond motifs is 1. The van der Waals surface area contributed by atoms with Gasteiger partial charge in [-0.25, -0.2) is 8.42 Å². The minimum atomic E-state index is -4.13. The van der Waals surface area contributed by atoms with Crippen LogP contribution in [-0.4, -0.2) is 50.8 Å². The molecular weight excluding hydrogens is 332 g/mol. The zero-order chi connectivity index (χ0) is 18.1. The van der Waals surface area contributed by atoms with Gasteiger partial charge in [0, 0.05) is 30.6 Å². The third-order valence-corrected chi connectivity index (χ3v) is 5.16. The predicted octanol–water partition coefficient (Wildman–Crippen LogP) is 1.02. The van der Waals surface area contributed by atoms with E-state index in [1.165, 1.54) is 13.0 Å². The SMILES string of the molecule is C[C@@H](O)[C@@H](NS(=O)(=O)c1cccc2c(N(C)C)cccc12)C(=O)O. The third kappa shape index (κ3) is 3.50. The first-order chi connectivity index (χ1) is 11.1. The van der Waals surface area contributed by atoms with E-state index in [2.05, 4.69) is 4.72 Å². The Balaban J connectivity index is 2.59. The van der Waals surface area contributed by atoms with Crippen LogP contribution in [0.15, 0.2) is 41.3 Å². The van der Waals surface area contributed by atoms with E-state index in [0.29, 0.717) is 5.39 Å². The summed E-state index contributed by atoms with van der Waals surface area (Å²) in [5, 5.41) is 19.8. The van der Waals surface area contributed by atoms with E-state index in [0.717, 1.165) is 11.1 Å². The Morgan fingerprint density at radius 2 is 1.71 bits per heavy atom. The predicted molar refractivity (Wildman–Crippen MR) is 91.7 cm³/mol. The van der Waals surface area contributed by atoms with E-state index >= 15 is 0 Å². The van der Waals surface area contributed by atoms with Crippen molar-refractivity contribution in [2.45, 2.75) is 24.0 Å². The van der Waals surface area contributed by atoms with E-state index in [-0.39, 0.29) is 4.90 Å². The lowest BCUT2D eigenvalue weighted by atomic mass is 10.1. The largest absolute Gasteiger partial charge is 0.480 e. The molecule has 0 saturated heterocycles. The average Bonchev–Trinajstić information content (AvgIpc) is 2.50. The number of nitrogens with one attached hydrogen (secondary N) is 1. The van der Waals surface area contributed by atoms with Gasteiger partial charge in [0.25, 0.3) is 0 Å². The van der Waals surface area contributed by atoms with Crippen molar-refractivity contribution in [3.05, 3.63) is 36.4 Å². The van der Waals surface area contributed by atoms with Gasteiger partial charge in [-0.05, 0) is 19.1 Å². The van der Waals surface area contributed by atoms with Crippen LogP contribution in [0.5, 0.6) is 0 Å². The van der Waals surface area contributed by atoms with Crippen LogP contribution in [0.3, 0.4) is 0 Å². The highest BCUT2D eigenvalue weighted by molar-refractivity contribution is 7.89. The summed E-state index contributed by atoms with van der Waals surface area (Å²) in [7, 11) is -0.429. The number of carboxylic acid groups (broad SMARTS) is 1. The maximum absolute atomic E-state index is 12.6. The normalized spacial score (nSPS) is 14.3. The molecule has 0 unspecified atom stereocenters. The number of aliphatic hydroxyl groups is 1. The molecule has 0 amide bonds. The van der Waals surface area contributed by atoms with Crippen molar-refractivity contribution >= 4 is 32.5 Å². The van der Waals surface area contributed by atoms with Crippen LogP contribution in [0.1, 0.15) is 6.92 Å². The van der Waals surface area contributed by atoms with Gasteiger partial charge in [0.2, 0.25) is 10.0 Å². The van der Waals surface area contributed by atoms with E-state index in [1.807, 2.05) is 25.1 Å². The Labute approximate surface area is 140 Å². The van der Waals surface area contributed by atoms with Crippen LogP contribution < -0.4 is 9.62 Å². The first kappa shape index (κ1) is 18.2. The van der Waals surface area contributed by atoms with Gasteiger partial charge in [0.05, 0.1) is 11.0 Å². The molecule has 0 heterocycles. The fraction of sp³-hybridized carbons (Fsp3) is 0.312. The van der Waals surface area contributed by atoms with Crippen molar-refractivity contribution in [3.8, 4) is 0 Å². The van der Waals surface area contributed by atoms with Gasteiger partial charge in [0.15, 0.2) is 0 Å². The van der Waals surface area contributed by atoms with Gasteiger partial charge in [0.1, 0.15) is 6.04 Å². The van der Waals surface area contributed by atoms with Crippen molar-refractivity contribution in [3.63, 3.8) is 0 Å². The Morgan fingerprint density at radius 1 is 1.12 bits per heavy atom. The molecular formula is C16H20N2O5S. The lowest BCUT2D eigenvalue weighted by molar-refractivity contribution is -0.141. The third-order valence-electron chi connectivity index (χ3n) is 3.66. The van der Waals surface area contributed by atoms with Crippen LogP contribution in [0.25, 0.3) is 10.8 Å². The summed E-state index contributed by atoms with van der Waals surface area (Å²) >= 11 is 0. The summed E-state index contributed by atoms with van der Waals surface area (Å²) in [5.74, 6) is -1.44. The van der Waals surface area contributed by atoms with Gasteiger partial charge in [-0.1, -0.05) is 24.3 Å². The van der Waals surface area contributed by atoms with Crippen LogP contribution in [0.2, 0.25) is 0 Å². The van der Waals surface area contributed by atoms with Gasteiger partial charge in [-0.15, -0.1) is 0 Å². The molecule has 130 valence electrons. The molecule has 0 saturated carbocycles. The Morgan fingerprint density at radius 3 is 2.25 bits per heavy atom. The molecule has 2 aromatic carbocycles. The van der Waals surface area contributed by atoms with Gasteiger partial charge >= 0.3 is 5.97 Å². The van der Waals surface area contributed by atoms with Gasteiger partial charge in [-0.3, -0.25) is 4.79 Å². The van der Waals surface area contributed by atoms with Crippen LogP contribution in [0.4, 0.5) is 5.69 Å². The monoisotopic (exact) mass is 352 g/mol. The number of aliphatic hydroxyl groups excluding tert-OH is 1. The van der Waals surface area contributed by atoms with Gasteiger partial charge < -0.3 is 15.1 Å². The Hall–Kier alpha value is -2.16. The standard InChI is InChI=1S/C16H20N2O5S/c1-10(19)15(16(20)21)17-24(22,23)14-9-5-6-11-12(14)7-4-8-13(11)18(2)3/h4-10,15,17,19H,1-3H3,(H,20,21)/t10-,15-/m1/s1. The number of hydrogen-bond donors (Lipinski definition) is 3. The number of sulfonamides is 1. The molecule has 0 aliphatic heterocycles. The molecule has 0 aliphatic rings. The van der Waals surface area contributed by atoms with Crippen LogP contribution in [-0.2, 0) is 14.8 Å². The highest BCUT2D eigenvalue weighted by Crippen LogP contribution is 2.30. The summed E-state index contributed by atoms with van der Waals surface area (Å²) in [4.78, 5) is 13.0. The van der Waals surface area contributed by atoms with E-state index in [4.69, 9.17) is 5.11 Å². The number of carbonyl (C=O) groups is 1. The quantitative estimate of drug-likeness (QED) is 0.716. The fourth-order valence-electron chi connectivity index (χ4n) is 2.47. The molecule has 8 heteroatoms. The van der Waals surface area contributed by atoms with Gasteiger partial charge in [-0.2, -0.15) is 4.72 Å². The molecule has 2 atom stereocenters. The number of nitrogens with zero attached hydrogens (tertiary/aromatic N) is 1. The Kier molecular flexibility index (Phi) is 5.12. The number of rotatable bonds is 6. The summed E-state index contributed by atoms with van der Waals surface area (Å²) in [6.07, 6.45) is -1.37. The molecule has 7 nitrogen and oxygen atoms in total. The smallest absolute Gasteiger partial charge is 0.324 e. The number of benzene rings is 2. The lowest BCUT2D eigenvalue weighted by Crippen LogP contribution is -2.47. The fourth-order valence-corrected chi connectivity index (χ4v) is 3.96. The maximum atomic E-state index is 12.6. The molecule has 0 aromatic heterocycles. The van der Waals surface area contributed by atoms with E-state index < -0.39 is 28.1 Å². The molecule has 0 spiro atoms. The van der Waals surface area contributed by atoms with Crippen molar-refractivity contribution < 1.29 is 23.4 Å². The minimum Gasteiger partial charge on any atom is -0.480 e. The van der Waals surface area contributed by atoms with Crippen LogP contribution in [0, 0.1) is 0 Å². The van der Waals surface area contributed by atoms with E-state index in [1.54, 1.807) is 24.3 Å². The van der Waals surface area contributed by atoms with Crippen molar-refractivity contribution in [1.82, 2.24) is 4.72 Å². The molecule has 2 rings (SSSR count). The molecule has 2 aromatic rings. The molecule has 0 radical (unpaired) electrons. The number of anilines is 1. The molecule has 0 bridgehead atoms. The van der Waals surface area contributed by atoms with E-state index in [9.17, 15) is 18.3 Å².